The van der Waals surface area contributed by atoms with Gasteiger partial charge in [-0.1, -0.05) is 15.9 Å². The van der Waals surface area contributed by atoms with E-state index in [1.807, 2.05) is 42.6 Å². The average Bonchev–Trinajstić information content (AvgIpc) is 2.64. The lowest BCUT2D eigenvalue weighted by molar-refractivity contribution is -0.459. The van der Waals surface area contributed by atoms with E-state index in [0.29, 0.717) is 5.95 Å². The zero-order valence-corrected chi connectivity index (χ0v) is 15.8. The third-order valence-electron chi connectivity index (χ3n) is 4.13. The summed E-state index contributed by atoms with van der Waals surface area (Å²) in [5, 5.41) is 3.25. The fourth-order valence-corrected chi connectivity index (χ4v) is 3.13. The minimum atomic E-state index is 0.575. The van der Waals surface area contributed by atoms with Gasteiger partial charge in [-0.25, -0.2) is 9.97 Å². The van der Waals surface area contributed by atoms with Crippen molar-refractivity contribution in [2.75, 3.05) is 11.9 Å². The van der Waals surface area contributed by atoms with Gasteiger partial charge in [0.2, 0.25) is 11.7 Å². The number of nitrogens with zero attached hydrogens (tertiary/aromatic N) is 4. The highest BCUT2D eigenvalue weighted by atomic mass is 79.9. The minimum Gasteiger partial charge on any atom is -0.324 e. The Morgan fingerprint density at radius 3 is 2.65 bits per heavy atom. The Kier molecular flexibility index (Phi) is 4.58. The quantitative estimate of drug-likeness (QED) is 0.643. The van der Waals surface area contributed by atoms with Gasteiger partial charge in [0.1, 0.15) is 12.1 Å². The monoisotopic (exact) mass is 406 g/mol. The lowest BCUT2D eigenvalue weighted by Crippen LogP contribution is -2.28. The molecule has 26 heavy (non-hydrogen) atoms. The first-order chi connectivity index (χ1) is 12.7. The van der Waals surface area contributed by atoms with Crippen molar-refractivity contribution in [1.29, 1.82) is 0 Å². The average molecular weight is 407 g/mol. The van der Waals surface area contributed by atoms with E-state index in [0.717, 1.165) is 39.2 Å². The fourth-order valence-electron chi connectivity index (χ4n) is 2.86. The largest absolute Gasteiger partial charge is 0.324 e. The number of nitrogens with one attached hydrogen (secondary N) is 1. The van der Waals surface area contributed by atoms with Gasteiger partial charge in [-0.3, -0.25) is 4.98 Å². The highest BCUT2D eigenvalue weighted by Gasteiger charge is 2.32. The van der Waals surface area contributed by atoms with Crippen molar-refractivity contribution in [2.45, 2.75) is 6.92 Å². The van der Waals surface area contributed by atoms with E-state index in [4.69, 9.17) is 0 Å². The van der Waals surface area contributed by atoms with Crippen LogP contribution in [-0.2, 0) is 0 Å². The van der Waals surface area contributed by atoms with Gasteiger partial charge in [-0.15, -0.1) is 0 Å². The maximum atomic E-state index is 4.69. The number of pyridine rings is 1. The van der Waals surface area contributed by atoms with Gasteiger partial charge in [0, 0.05) is 28.8 Å². The fraction of sp³-hybridized carbons (Fsp3) is 0.100. The van der Waals surface area contributed by atoms with Crippen LogP contribution in [0, 0.1) is 0 Å². The molecule has 1 aromatic carbocycles. The molecule has 3 aromatic rings. The van der Waals surface area contributed by atoms with Crippen molar-refractivity contribution in [1.82, 2.24) is 15.0 Å². The molecule has 0 unspecified atom stereocenters. The molecule has 0 radical (unpaired) electrons. The van der Waals surface area contributed by atoms with Crippen LogP contribution in [0.15, 0.2) is 71.7 Å². The number of anilines is 2. The first-order valence-corrected chi connectivity index (χ1v) is 9.16. The Labute approximate surface area is 160 Å². The molecule has 3 heterocycles. The lowest BCUT2D eigenvalue weighted by Gasteiger charge is -2.16. The molecule has 2 aromatic heterocycles. The Hall–Kier alpha value is -2.86. The summed E-state index contributed by atoms with van der Waals surface area (Å²) in [4.78, 5) is 13.3. The molecule has 0 spiro atoms. The molecule has 128 valence electrons. The van der Waals surface area contributed by atoms with Crippen LogP contribution in [-0.4, -0.2) is 31.8 Å². The van der Waals surface area contributed by atoms with Crippen molar-refractivity contribution >= 4 is 38.9 Å². The van der Waals surface area contributed by atoms with Crippen LogP contribution in [0.25, 0.3) is 5.57 Å². The molecule has 0 atom stereocenters. The topological polar surface area (TPSA) is 53.7 Å². The maximum Gasteiger partial charge on any atom is 0.229 e. The third-order valence-corrected chi connectivity index (χ3v) is 4.66. The van der Waals surface area contributed by atoms with Crippen LogP contribution in [0.2, 0.25) is 0 Å². The van der Waals surface area contributed by atoms with Gasteiger partial charge in [0.25, 0.3) is 0 Å². The molecular formula is C20H17BrN5+. The zero-order valence-electron chi connectivity index (χ0n) is 14.2. The highest BCUT2D eigenvalue weighted by Crippen LogP contribution is 2.26. The van der Waals surface area contributed by atoms with Crippen molar-refractivity contribution in [3.05, 3.63) is 83.0 Å². The van der Waals surface area contributed by atoms with E-state index in [1.54, 1.807) is 12.4 Å². The molecule has 0 bridgehead atoms. The first-order valence-electron chi connectivity index (χ1n) is 8.37. The molecule has 0 amide bonds. The van der Waals surface area contributed by atoms with Crippen molar-refractivity contribution < 1.29 is 4.58 Å². The molecular weight excluding hydrogens is 390 g/mol. The number of hydrogen-bond donors (Lipinski definition) is 1. The Morgan fingerprint density at radius 2 is 1.92 bits per heavy atom. The van der Waals surface area contributed by atoms with Crippen LogP contribution in [0.1, 0.15) is 18.2 Å². The van der Waals surface area contributed by atoms with Gasteiger partial charge in [-0.05, 0) is 49.4 Å². The summed E-state index contributed by atoms with van der Waals surface area (Å²) in [5.41, 5.74) is 5.17. The summed E-state index contributed by atoms with van der Waals surface area (Å²) in [5.74, 6) is 0.575. The number of allylic oxidation sites excluding steroid dienone is 1. The van der Waals surface area contributed by atoms with Gasteiger partial charge >= 0.3 is 0 Å². The Balaban J connectivity index is 1.61. The van der Waals surface area contributed by atoms with E-state index >= 15 is 0 Å². The second-order valence-electron chi connectivity index (χ2n) is 5.82. The van der Waals surface area contributed by atoms with Crippen molar-refractivity contribution in [3.8, 4) is 0 Å². The third kappa shape index (κ3) is 3.28. The Bertz CT molecular complexity index is 994. The van der Waals surface area contributed by atoms with E-state index < -0.39 is 0 Å². The van der Waals surface area contributed by atoms with Crippen molar-refractivity contribution in [3.63, 3.8) is 0 Å². The number of aromatic nitrogens is 3. The molecule has 0 saturated carbocycles. The van der Waals surface area contributed by atoms with E-state index in [-0.39, 0.29) is 0 Å². The second kappa shape index (κ2) is 7.17. The van der Waals surface area contributed by atoms with E-state index in [1.165, 1.54) is 0 Å². The first kappa shape index (κ1) is 16.6. The molecule has 6 heteroatoms. The molecule has 0 fully saturated rings. The van der Waals surface area contributed by atoms with E-state index in [2.05, 4.69) is 60.0 Å². The van der Waals surface area contributed by atoms with Gasteiger partial charge in [0.05, 0.1) is 11.3 Å². The van der Waals surface area contributed by atoms with Gasteiger partial charge < -0.3 is 5.32 Å². The molecule has 0 aliphatic carbocycles. The van der Waals surface area contributed by atoms with E-state index in [9.17, 15) is 0 Å². The minimum absolute atomic E-state index is 0.575. The molecule has 1 aliphatic heterocycles. The molecule has 1 aliphatic rings. The zero-order chi connectivity index (χ0) is 17.9. The number of hydrogen-bond acceptors (Lipinski definition) is 4. The number of halogens is 1. The Morgan fingerprint density at radius 1 is 1.08 bits per heavy atom. The van der Waals surface area contributed by atoms with Crippen LogP contribution < -0.4 is 5.32 Å². The molecule has 4 rings (SSSR count). The number of rotatable bonds is 5. The maximum absolute atomic E-state index is 4.69. The number of benzene rings is 1. The summed E-state index contributed by atoms with van der Waals surface area (Å²) in [6.07, 6.45) is 7.56. The summed E-state index contributed by atoms with van der Waals surface area (Å²) in [7, 11) is 0. The summed E-state index contributed by atoms with van der Waals surface area (Å²) < 4.78 is 3.24. The van der Waals surface area contributed by atoms with Crippen molar-refractivity contribution in [2.24, 2.45) is 0 Å². The predicted molar refractivity (Wildman–Crippen MR) is 107 cm³/mol. The second-order valence-corrected chi connectivity index (χ2v) is 6.73. The van der Waals surface area contributed by atoms with Gasteiger partial charge in [0.15, 0.2) is 6.20 Å². The standard InChI is InChI=1S/C20H17BrN5/c1-2-26-13-17(19(26)14-4-3-10-22-12-14)18-9-11-23-20(25-18)24-16-7-5-15(21)6-8-16/h3-13H,2H2,1H3,(H,23,24,25)/q+1. The highest BCUT2D eigenvalue weighted by molar-refractivity contribution is 9.10. The van der Waals surface area contributed by atoms with Crippen LogP contribution in [0.3, 0.4) is 0 Å². The normalized spacial score (nSPS) is 13.2. The molecule has 1 N–H and O–H groups in total. The summed E-state index contributed by atoms with van der Waals surface area (Å²) >= 11 is 3.44. The SMILES string of the molecule is CC[N+]1=C(c2cccnc2)C(c2ccnc(Nc3ccc(Br)cc3)n2)=C1. The van der Waals surface area contributed by atoms with Crippen LogP contribution in [0.5, 0.6) is 0 Å². The van der Waals surface area contributed by atoms with Crippen LogP contribution >= 0.6 is 15.9 Å². The lowest BCUT2D eigenvalue weighted by atomic mass is 9.96. The summed E-state index contributed by atoms with van der Waals surface area (Å²) in [6.45, 7) is 3.03. The summed E-state index contributed by atoms with van der Waals surface area (Å²) in [6, 6.07) is 13.9. The molecule has 5 nitrogen and oxygen atoms in total. The smallest absolute Gasteiger partial charge is 0.229 e. The van der Waals surface area contributed by atoms with Crippen LogP contribution in [0.4, 0.5) is 11.6 Å². The van der Waals surface area contributed by atoms with Gasteiger partial charge in [-0.2, -0.15) is 4.58 Å². The molecule has 0 saturated heterocycles. The predicted octanol–water partition coefficient (Wildman–Crippen LogP) is 4.25.